The van der Waals surface area contributed by atoms with Crippen LogP contribution in [0.25, 0.3) is 0 Å². The molecule has 0 aliphatic carbocycles. The zero-order valence-corrected chi connectivity index (χ0v) is 18.0. The Labute approximate surface area is 178 Å². The Hall–Kier alpha value is -2.80. The van der Waals surface area contributed by atoms with Crippen molar-refractivity contribution in [3.05, 3.63) is 53.9 Å². The van der Waals surface area contributed by atoms with Gasteiger partial charge in [0.1, 0.15) is 12.8 Å². The van der Waals surface area contributed by atoms with Crippen LogP contribution in [0, 0.1) is 0 Å². The van der Waals surface area contributed by atoms with Crippen molar-refractivity contribution in [3.8, 4) is 0 Å². The lowest BCUT2D eigenvalue weighted by Crippen LogP contribution is -2.47. The second kappa shape index (κ2) is 9.34. The van der Waals surface area contributed by atoms with Gasteiger partial charge in [0.25, 0.3) is 5.91 Å². The average Bonchev–Trinajstić information content (AvgIpc) is 3.11. The van der Waals surface area contributed by atoms with E-state index in [0.29, 0.717) is 18.7 Å². The Kier molecular flexibility index (Phi) is 6.38. The molecule has 0 radical (unpaired) electrons. The van der Waals surface area contributed by atoms with E-state index in [0.717, 1.165) is 57.0 Å². The fraction of sp³-hybridized carbons (Fsp3) is 0.478. The molecule has 0 bridgehead atoms. The molecule has 30 heavy (non-hydrogen) atoms. The van der Waals surface area contributed by atoms with Crippen molar-refractivity contribution in [1.82, 2.24) is 14.4 Å². The summed E-state index contributed by atoms with van der Waals surface area (Å²) in [5.74, 6) is 0.0905. The number of hydrogen-bond donors (Lipinski definition) is 0. The van der Waals surface area contributed by atoms with Crippen LogP contribution in [0.3, 0.4) is 0 Å². The van der Waals surface area contributed by atoms with Crippen molar-refractivity contribution in [2.75, 3.05) is 57.8 Å². The second-order valence-electron chi connectivity index (χ2n) is 7.97. The van der Waals surface area contributed by atoms with Crippen molar-refractivity contribution in [2.24, 2.45) is 12.2 Å². The largest absolute Gasteiger partial charge is 0.399 e. The quantitative estimate of drug-likeness (QED) is 0.688. The highest BCUT2D eigenvalue weighted by Crippen LogP contribution is 2.21. The highest BCUT2D eigenvalue weighted by Gasteiger charge is 2.28. The summed E-state index contributed by atoms with van der Waals surface area (Å²) in [5, 5.41) is 4.16. The molecule has 1 saturated heterocycles. The molecule has 4 rings (SSSR count). The molecule has 0 N–H and O–H groups in total. The summed E-state index contributed by atoms with van der Waals surface area (Å²) in [6.07, 6.45) is 3.61. The molecule has 0 saturated carbocycles. The van der Waals surface area contributed by atoms with Crippen molar-refractivity contribution < 1.29 is 9.63 Å². The number of hydrogen-bond acceptors (Lipinski definition) is 5. The molecule has 0 spiro atoms. The number of piperazine rings is 1. The monoisotopic (exact) mass is 409 g/mol. The summed E-state index contributed by atoms with van der Waals surface area (Å²) >= 11 is 0. The molecule has 1 aromatic heterocycles. The predicted molar refractivity (Wildman–Crippen MR) is 119 cm³/mol. The molecule has 0 atom stereocenters. The fourth-order valence-corrected chi connectivity index (χ4v) is 4.43. The van der Waals surface area contributed by atoms with Gasteiger partial charge in [0.05, 0.1) is 5.71 Å². The van der Waals surface area contributed by atoms with E-state index in [1.807, 2.05) is 28.8 Å². The Morgan fingerprint density at radius 2 is 1.77 bits per heavy atom. The number of benzene rings is 1. The molecule has 1 fully saturated rings. The lowest BCUT2D eigenvalue weighted by atomic mass is 10.1. The standard InChI is InChI=1S/C23H31N5O2/c1-25-13-9-20-21(24-30-2)10-14-28(23(29)22(20)25)12-6-11-26-15-17-27(18-16-26)19-7-4-3-5-8-19/h3-5,7-9,13H,6,10-12,14-18H2,1-2H3. The van der Waals surface area contributed by atoms with Gasteiger partial charge in [0.15, 0.2) is 0 Å². The number of oxime groups is 1. The first kappa shape index (κ1) is 20.5. The summed E-state index contributed by atoms with van der Waals surface area (Å²) in [5.41, 5.74) is 3.75. The van der Waals surface area contributed by atoms with E-state index in [9.17, 15) is 4.79 Å². The van der Waals surface area contributed by atoms with Crippen LogP contribution in [-0.2, 0) is 11.9 Å². The van der Waals surface area contributed by atoms with Gasteiger partial charge in [-0.05, 0) is 31.2 Å². The van der Waals surface area contributed by atoms with Crippen LogP contribution in [0.4, 0.5) is 5.69 Å². The van der Waals surface area contributed by atoms with Gasteiger partial charge in [-0.2, -0.15) is 0 Å². The van der Waals surface area contributed by atoms with Gasteiger partial charge in [-0.25, -0.2) is 0 Å². The van der Waals surface area contributed by atoms with Crippen LogP contribution in [0.1, 0.15) is 28.9 Å². The van der Waals surface area contributed by atoms with E-state index >= 15 is 0 Å². The number of nitrogens with zero attached hydrogens (tertiary/aromatic N) is 5. The van der Waals surface area contributed by atoms with Crippen LogP contribution in [0.15, 0.2) is 47.8 Å². The molecule has 2 aliphatic heterocycles. The third kappa shape index (κ3) is 4.36. The molecular weight excluding hydrogens is 378 g/mol. The Morgan fingerprint density at radius 3 is 2.50 bits per heavy atom. The first-order valence-corrected chi connectivity index (χ1v) is 10.7. The molecular formula is C23H31N5O2. The van der Waals surface area contributed by atoms with Gasteiger partial charge >= 0.3 is 0 Å². The van der Waals surface area contributed by atoms with Crippen molar-refractivity contribution >= 4 is 17.3 Å². The number of aryl methyl sites for hydroxylation is 1. The Bertz CT molecular complexity index is 884. The normalized spacial score (nSPS) is 19.1. The summed E-state index contributed by atoms with van der Waals surface area (Å²) < 4.78 is 1.89. The minimum atomic E-state index is 0.0905. The van der Waals surface area contributed by atoms with Crippen molar-refractivity contribution in [3.63, 3.8) is 0 Å². The molecule has 1 amide bonds. The summed E-state index contributed by atoms with van der Waals surface area (Å²) in [6.45, 7) is 6.70. The molecule has 7 nitrogen and oxygen atoms in total. The second-order valence-corrected chi connectivity index (χ2v) is 7.97. The van der Waals surface area contributed by atoms with Crippen LogP contribution >= 0.6 is 0 Å². The maximum absolute atomic E-state index is 13.1. The third-order valence-electron chi connectivity index (χ3n) is 6.09. The van der Waals surface area contributed by atoms with E-state index in [1.54, 1.807) is 7.11 Å². The minimum absolute atomic E-state index is 0.0905. The molecule has 2 aliphatic rings. The number of aromatic nitrogens is 1. The number of rotatable bonds is 6. The zero-order chi connectivity index (χ0) is 20.9. The van der Waals surface area contributed by atoms with Gasteiger partial charge in [-0.15, -0.1) is 0 Å². The average molecular weight is 410 g/mol. The number of para-hydroxylation sites is 1. The zero-order valence-electron chi connectivity index (χ0n) is 18.0. The smallest absolute Gasteiger partial charge is 0.271 e. The molecule has 0 unspecified atom stereocenters. The van der Waals surface area contributed by atoms with Gasteiger partial charge in [-0.3, -0.25) is 9.69 Å². The van der Waals surface area contributed by atoms with Gasteiger partial charge in [0, 0.05) is 70.2 Å². The molecule has 2 aromatic rings. The van der Waals surface area contributed by atoms with E-state index in [1.165, 1.54) is 5.69 Å². The fourth-order valence-electron chi connectivity index (χ4n) is 4.43. The van der Waals surface area contributed by atoms with Crippen molar-refractivity contribution in [1.29, 1.82) is 0 Å². The van der Waals surface area contributed by atoms with Gasteiger partial charge < -0.3 is 19.2 Å². The Balaban J connectivity index is 1.30. The SMILES string of the molecule is CON=C1CCN(CCCN2CCN(c3ccccc3)CC2)C(=O)c2c1ccn2C. The van der Waals surface area contributed by atoms with E-state index in [4.69, 9.17) is 4.84 Å². The summed E-state index contributed by atoms with van der Waals surface area (Å²) in [4.78, 5) is 25.1. The highest BCUT2D eigenvalue weighted by molar-refractivity contribution is 6.11. The molecule has 160 valence electrons. The number of carbonyl (C=O) groups excluding carboxylic acids is 1. The maximum Gasteiger partial charge on any atom is 0.271 e. The number of amides is 1. The van der Waals surface area contributed by atoms with Crippen LogP contribution < -0.4 is 4.90 Å². The van der Waals surface area contributed by atoms with E-state index in [2.05, 4.69) is 45.3 Å². The molecule has 7 heteroatoms. The topological polar surface area (TPSA) is 53.3 Å². The van der Waals surface area contributed by atoms with Gasteiger partial charge in [0.2, 0.25) is 0 Å². The van der Waals surface area contributed by atoms with Gasteiger partial charge in [-0.1, -0.05) is 23.4 Å². The third-order valence-corrected chi connectivity index (χ3v) is 6.09. The number of anilines is 1. The lowest BCUT2D eigenvalue weighted by Gasteiger charge is -2.36. The van der Waals surface area contributed by atoms with Crippen LogP contribution in [0.2, 0.25) is 0 Å². The van der Waals surface area contributed by atoms with Crippen LogP contribution in [0.5, 0.6) is 0 Å². The van der Waals surface area contributed by atoms with E-state index in [-0.39, 0.29) is 5.91 Å². The number of carbonyl (C=O) groups is 1. The highest BCUT2D eigenvalue weighted by atomic mass is 16.6. The van der Waals surface area contributed by atoms with E-state index < -0.39 is 0 Å². The summed E-state index contributed by atoms with van der Waals surface area (Å²) in [7, 11) is 3.47. The lowest BCUT2D eigenvalue weighted by molar-refractivity contribution is 0.0745. The molecule has 1 aromatic carbocycles. The summed E-state index contributed by atoms with van der Waals surface area (Å²) in [6, 6.07) is 12.6. The number of fused-ring (bicyclic) bond motifs is 1. The van der Waals surface area contributed by atoms with Crippen molar-refractivity contribution in [2.45, 2.75) is 12.8 Å². The maximum atomic E-state index is 13.1. The first-order valence-electron chi connectivity index (χ1n) is 10.7. The van der Waals surface area contributed by atoms with Crippen LogP contribution in [-0.4, -0.2) is 78.9 Å². The predicted octanol–water partition coefficient (Wildman–Crippen LogP) is 2.43. The first-order chi connectivity index (χ1) is 14.7. The minimum Gasteiger partial charge on any atom is -0.399 e. The molecule has 3 heterocycles. The Morgan fingerprint density at radius 1 is 1.00 bits per heavy atom.